The Morgan fingerprint density at radius 2 is 1.83 bits per heavy atom. The van der Waals surface area contributed by atoms with Crippen molar-refractivity contribution in [3.63, 3.8) is 0 Å². The van der Waals surface area contributed by atoms with E-state index in [-0.39, 0.29) is 0 Å². The van der Waals surface area contributed by atoms with Gasteiger partial charge >= 0.3 is 0 Å². The van der Waals surface area contributed by atoms with Gasteiger partial charge in [0.25, 0.3) is 0 Å². The third-order valence-electron chi connectivity index (χ3n) is 1.40. The molecule has 0 aromatic heterocycles. The van der Waals surface area contributed by atoms with Crippen molar-refractivity contribution in [2.24, 2.45) is 0 Å². The largest absolute Gasteiger partial charge is 0.0792 e. The van der Waals surface area contributed by atoms with Crippen molar-refractivity contribution in [3.8, 4) is 0 Å². The molecule has 0 amide bonds. The van der Waals surface area contributed by atoms with E-state index in [1.165, 1.54) is 19.3 Å². The van der Waals surface area contributed by atoms with Gasteiger partial charge in [0.05, 0.1) is 0 Å². The van der Waals surface area contributed by atoms with Gasteiger partial charge in [-0.25, -0.2) is 0 Å². The summed E-state index contributed by atoms with van der Waals surface area (Å²) in [5.74, 6) is 0. The summed E-state index contributed by atoms with van der Waals surface area (Å²) < 4.78 is 0.692. The Bertz CT molecular complexity index is 51.0. The van der Waals surface area contributed by atoms with Gasteiger partial charge in [0.2, 0.25) is 0 Å². The average Bonchev–Trinajstić information content (AvgIpc) is 1.32. The smallest absolute Gasteiger partial charge is 0.0194 e. The van der Waals surface area contributed by atoms with Gasteiger partial charge in [-0.3, -0.25) is 0 Å². The predicted octanol–water partition coefficient (Wildman–Crippen LogP) is 2.36. The summed E-state index contributed by atoms with van der Waals surface area (Å²) in [6, 6.07) is 0. The Kier molecular flexibility index (Phi) is 1.10. The highest BCUT2D eigenvalue weighted by Gasteiger charge is 2.27. The van der Waals surface area contributed by atoms with Crippen LogP contribution in [0, 0.1) is 0 Å². The number of rotatable bonds is 0. The van der Waals surface area contributed by atoms with Gasteiger partial charge in [-0.2, -0.15) is 0 Å². The molecule has 36 valence electrons. The third-order valence-corrected chi connectivity index (χ3v) is 2.47. The second-order valence-corrected chi connectivity index (χ2v) is 4.87. The summed E-state index contributed by atoms with van der Waals surface area (Å²) in [4.78, 5) is 0. The highest BCUT2D eigenvalue weighted by molar-refractivity contribution is 14.1. The molecule has 0 spiro atoms. The van der Waals surface area contributed by atoms with E-state index in [4.69, 9.17) is 0 Å². The minimum Gasteiger partial charge on any atom is -0.0792 e. The molecule has 6 heavy (non-hydrogen) atoms. The molecule has 0 unspecified atom stereocenters. The van der Waals surface area contributed by atoms with Gasteiger partial charge in [0, 0.05) is 3.42 Å². The molecule has 0 aliphatic heterocycles. The number of hydrogen-bond donors (Lipinski definition) is 0. The summed E-state index contributed by atoms with van der Waals surface area (Å²) in [7, 11) is 0. The normalized spacial score (nSPS) is 29.0. The van der Waals surface area contributed by atoms with Crippen molar-refractivity contribution in [3.05, 3.63) is 0 Å². The molecule has 0 saturated heterocycles. The van der Waals surface area contributed by atoms with Crippen molar-refractivity contribution in [2.45, 2.75) is 29.6 Å². The molecule has 1 aliphatic rings. The molecule has 1 saturated carbocycles. The van der Waals surface area contributed by atoms with Crippen LogP contribution in [0.3, 0.4) is 0 Å². The van der Waals surface area contributed by atoms with Gasteiger partial charge in [0.15, 0.2) is 0 Å². The van der Waals surface area contributed by atoms with Crippen molar-refractivity contribution in [1.82, 2.24) is 0 Å². The van der Waals surface area contributed by atoms with Crippen LogP contribution in [0.5, 0.6) is 0 Å². The third kappa shape index (κ3) is 0.863. The molecular formula is C5H9I. The van der Waals surface area contributed by atoms with Crippen molar-refractivity contribution in [1.29, 1.82) is 0 Å². The van der Waals surface area contributed by atoms with Crippen LogP contribution in [-0.4, -0.2) is 3.42 Å². The fourth-order valence-electron chi connectivity index (χ4n) is 0.664. The molecule has 1 aliphatic carbocycles. The van der Waals surface area contributed by atoms with Crippen molar-refractivity contribution >= 4 is 22.6 Å². The van der Waals surface area contributed by atoms with Gasteiger partial charge in [-0.05, 0) is 12.8 Å². The van der Waals surface area contributed by atoms with E-state index < -0.39 is 0 Å². The van der Waals surface area contributed by atoms with Crippen LogP contribution < -0.4 is 0 Å². The van der Waals surface area contributed by atoms with E-state index >= 15 is 0 Å². The topological polar surface area (TPSA) is 0 Å². The highest BCUT2D eigenvalue weighted by atomic mass is 127. The maximum atomic E-state index is 2.53. The zero-order chi connectivity index (χ0) is 4.62. The van der Waals surface area contributed by atoms with Crippen molar-refractivity contribution in [2.75, 3.05) is 0 Å². The van der Waals surface area contributed by atoms with E-state index in [0.717, 1.165) is 0 Å². The van der Waals surface area contributed by atoms with Crippen LogP contribution in [0.4, 0.5) is 0 Å². The first-order valence-electron chi connectivity index (χ1n) is 2.40. The number of hydrogen-bond acceptors (Lipinski definition) is 0. The van der Waals surface area contributed by atoms with Crippen molar-refractivity contribution < 1.29 is 0 Å². The van der Waals surface area contributed by atoms with E-state index in [9.17, 15) is 0 Å². The summed E-state index contributed by atoms with van der Waals surface area (Å²) >= 11 is 2.53. The lowest BCUT2D eigenvalue weighted by molar-refractivity contribution is 0.414. The lowest BCUT2D eigenvalue weighted by Crippen LogP contribution is -2.24. The average molecular weight is 196 g/mol. The fourth-order valence-corrected chi connectivity index (χ4v) is 1.43. The first-order valence-corrected chi connectivity index (χ1v) is 3.47. The summed E-state index contributed by atoms with van der Waals surface area (Å²) in [6.45, 7) is 2.32. The minimum atomic E-state index is 0.692. The van der Waals surface area contributed by atoms with Gasteiger partial charge in [-0.15, -0.1) is 0 Å². The second kappa shape index (κ2) is 1.35. The Hall–Kier alpha value is 0.730. The Morgan fingerprint density at radius 1 is 1.50 bits per heavy atom. The Labute approximate surface area is 52.5 Å². The Balaban J connectivity index is 2.31. The van der Waals surface area contributed by atoms with Crippen LogP contribution >= 0.6 is 22.6 Å². The van der Waals surface area contributed by atoms with Crippen LogP contribution in [-0.2, 0) is 0 Å². The predicted molar refractivity (Wildman–Crippen MR) is 36.3 cm³/mol. The molecule has 1 rings (SSSR count). The molecule has 0 aromatic carbocycles. The molecule has 0 bridgehead atoms. The maximum Gasteiger partial charge on any atom is 0.0194 e. The van der Waals surface area contributed by atoms with E-state index in [2.05, 4.69) is 29.5 Å². The summed E-state index contributed by atoms with van der Waals surface area (Å²) in [5, 5.41) is 0. The monoisotopic (exact) mass is 196 g/mol. The maximum absolute atomic E-state index is 2.53. The molecule has 0 nitrogen and oxygen atoms in total. The molecule has 0 aromatic rings. The van der Waals surface area contributed by atoms with E-state index in [1.807, 2.05) is 0 Å². The standard InChI is InChI=1S/C5H9I/c1-5(6)3-2-4-5/h2-4H2,1H3. The number of halogens is 1. The van der Waals surface area contributed by atoms with Crippen LogP contribution in [0.1, 0.15) is 26.2 Å². The lowest BCUT2D eigenvalue weighted by Gasteiger charge is -2.31. The van der Waals surface area contributed by atoms with Crippen LogP contribution in [0.2, 0.25) is 0 Å². The molecular weight excluding hydrogens is 187 g/mol. The fraction of sp³-hybridized carbons (Fsp3) is 1.00. The van der Waals surface area contributed by atoms with E-state index in [1.54, 1.807) is 0 Å². The van der Waals surface area contributed by atoms with Gasteiger partial charge in [0.1, 0.15) is 0 Å². The Morgan fingerprint density at radius 3 is 1.83 bits per heavy atom. The van der Waals surface area contributed by atoms with Gasteiger partial charge in [-0.1, -0.05) is 35.9 Å². The van der Waals surface area contributed by atoms with E-state index in [0.29, 0.717) is 3.42 Å². The zero-order valence-electron chi connectivity index (χ0n) is 4.00. The van der Waals surface area contributed by atoms with Gasteiger partial charge < -0.3 is 0 Å². The lowest BCUT2D eigenvalue weighted by atomic mass is 9.87. The molecule has 0 radical (unpaired) electrons. The molecule has 0 N–H and O–H groups in total. The molecule has 1 fully saturated rings. The SMILES string of the molecule is CC1(I)CCC1. The summed E-state index contributed by atoms with van der Waals surface area (Å²) in [5.41, 5.74) is 0. The molecule has 0 heterocycles. The van der Waals surface area contributed by atoms with Crippen LogP contribution in [0.25, 0.3) is 0 Å². The highest BCUT2D eigenvalue weighted by Crippen LogP contribution is 2.39. The first-order chi connectivity index (χ1) is 2.71. The summed E-state index contributed by atoms with van der Waals surface area (Å²) in [6.07, 6.45) is 4.33. The molecule has 0 atom stereocenters. The minimum absolute atomic E-state index is 0.692. The molecule has 1 heteroatoms. The second-order valence-electron chi connectivity index (χ2n) is 2.27. The van der Waals surface area contributed by atoms with Crippen LogP contribution in [0.15, 0.2) is 0 Å². The first kappa shape index (κ1) is 4.88. The zero-order valence-corrected chi connectivity index (χ0v) is 6.16. The quantitative estimate of drug-likeness (QED) is 0.412. The number of alkyl halides is 1.